The van der Waals surface area contributed by atoms with Crippen molar-refractivity contribution >= 4 is 33.3 Å². The smallest absolute Gasteiger partial charge is 0.321 e. The number of urea groups is 1. The third-order valence-electron chi connectivity index (χ3n) is 5.46. The van der Waals surface area contributed by atoms with Crippen LogP contribution in [0.3, 0.4) is 0 Å². The minimum absolute atomic E-state index is 0.0303. The highest BCUT2D eigenvalue weighted by molar-refractivity contribution is 9.10. The number of halogens is 1. The van der Waals surface area contributed by atoms with E-state index in [0.29, 0.717) is 11.8 Å². The molecule has 136 valence electrons. The molecule has 1 saturated heterocycles. The molecule has 2 heterocycles. The van der Waals surface area contributed by atoms with E-state index in [-0.39, 0.29) is 6.03 Å². The molecule has 0 unspecified atom stereocenters. The van der Waals surface area contributed by atoms with Gasteiger partial charge in [0.2, 0.25) is 0 Å². The van der Waals surface area contributed by atoms with Gasteiger partial charge < -0.3 is 10.2 Å². The highest BCUT2D eigenvalue weighted by Crippen LogP contribution is 2.35. The molecule has 2 aromatic rings. The lowest BCUT2D eigenvalue weighted by atomic mass is 10.0. The molecule has 2 amide bonds. The summed E-state index contributed by atoms with van der Waals surface area (Å²) in [6, 6.07) is 16.7. The van der Waals surface area contributed by atoms with Crippen LogP contribution in [0.5, 0.6) is 0 Å². The summed E-state index contributed by atoms with van der Waals surface area (Å²) in [4.78, 5) is 17.0. The molecular weight excluding hydrogens is 390 g/mol. The molecule has 2 atom stereocenters. The van der Waals surface area contributed by atoms with Crippen LogP contribution >= 0.6 is 15.9 Å². The Labute approximate surface area is 163 Å². The first kappa shape index (κ1) is 17.4. The zero-order chi connectivity index (χ0) is 18.1. The second-order valence-electron chi connectivity index (χ2n) is 7.34. The summed E-state index contributed by atoms with van der Waals surface area (Å²) in [5, 5.41) is 3.16. The molecule has 0 aliphatic carbocycles. The fraction of sp³-hybridized carbons (Fsp3) is 0.381. The molecule has 0 saturated carbocycles. The largest absolute Gasteiger partial charge is 0.371 e. The summed E-state index contributed by atoms with van der Waals surface area (Å²) in [5.74, 6) is 0.892. The molecule has 1 N–H and O–H groups in total. The van der Waals surface area contributed by atoms with Gasteiger partial charge in [-0.15, -0.1) is 0 Å². The number of nitrogens with zero attached hydrogens (tertiary/aromatic N) is 2. The van der Waals surface area contributed by atoms with E-state index in [4.69, 9.17) is 0 Å². The third kappa shape index (κ3) is 3.45. The van der Waals surface area contributed by atoms with Crippen molar-refractivity contribution in [2.24, 2.45) is 5.92 Å². The molecule has 2 aliphatic rings. The van der Waals surface area contributed by atoms with E-state index >= 15 is 0 Å². The van der Waals surface area contributed by atoms with Crippen molar-refractivity contribution < 1.29 is 4.79 Å². The minimum Gasteiger partial charge on any atom is -0.371 e. The quantitative estimate of drug-likeness (QED) is 0.797. The first-order valence-electron chi connectivity index (χ1n) is 9.26. The maximum absolute atomic E-state index is 12.7. The molecule has 5 heteroatoms. The van der Waals surface area contributed by atoms with Crippen LogP contribution in [0.25, 0.3) is 0 Å². The first-order chi connectivity index (χ1) is 12.6. The lowest BCUT2D eigenvalue weighted by molar-refractivity contribution is 0.245. The zero-order valence-electron chi connectivity index (χ0n) is 15.0. The van der Waals surface area contributed by atoms with Crippen molar-refractivity contribution in [2.45, 2.75) is 19.3 Å². The van der Waals surface area contributed by atoms with Gasteiger partial charge in [0, 0.05) is 47.9 Å². The first-order valence-corrected chi connectivity index (χ1v) is 10.1. The van der Waals surface area contributed by atoms with Gasteiger partial charge >= 0.3 is 6.03 Å². The van der Waals surface area contributed by atoms with Crippen molar-refractivity contribution in [1.29, 1.82) is 0 Å². The van der Waals surface area contributed by atoms with E-state index in [2.05, 4.69) is 57.3 Å². The molecule has 4 rings (SSSR count). The predicted octanol–water partition coefficient (Wildman–Crippen LogP) is 4.61. The van der Waals surface area contributed by atoms with Gasteiger partial charge in [-0.3, -0.25) is 4.90 Å². The Morgan fingerprint density at radius 2 is 2.04 bits per heavy atom. The Hall–Kier alpha value is -2.01. The van der Waals surface area contributed by atoms with Gasteiger partial charge in [0.15, 0.2) is 0 Å². The third-order valence-corrected chi connectivity index (χ3v) is 5.95. The molecular formula is C21H24BrN3O. The Bertz CT molecular complexity index is 809. The van der Waals surface area contributed by atoms with Gasteiger partial charge in [-0.05, 0) is 42.2 Å². The summed E-state index contributed by atoms with van der Waals surface area (Å²) in [6.07, 6.45) is 1.11. The molecule has 26 heavy (non-hydrogen) atoms. The number of carbonyl (C=O) groups excluding carboxylic acids is 1. The number of anilines is 2. The number of rotatable bonds is 3. The van der Waals surface area contributed by atoms with Crippen LogP contribution in [-0.2, 0) is 0 Å². The molecule has 0 aromatic heterocycles. The summed E-state index contributed by atoms with van der Waals surface area (Å²) in [7, 11) is 0. The topological polar surface area (TPSA) is 35.6 Å². The van der Waals surface area contributed by atoms with Gasteiger partial charge in [0.25, 0.3) is 0 Å². The van der Waals surface area contributed by atoms with Gasteiger partial charge in [-0.25, -0.2) is 4.79 Å². The second kappa shape index (κ2) is 7.31. The van der Waals surface area contributed by atoms with E-state index in [1.807, 2.05) is 29.2 Å². The molecule has 1 fully saturated rings. The number of amides is 2. The van der Waals surface area contributed by atoms with Crippen molar-refractivity contribution in [3.05, 3.63) is 58.6 Å². The summed E-state index contributed by atoms with van der Waals surface area (Å²) < 4.78 is 1.11. The number of hydrogen-bond acceptors (Lipinski definition) is 2. The number of benzene rings is 2. The maximum Gasteiger partial charge on any atom is 0.321 e. The highest BCUT2D eigenvalue weighted by Gasteiger charge is 2.30. The Morgan fingerprint density at radius 3 is 2.88 bits per heavy atom. The standard InChI is InChI=1S/C21H24BrN3O/c1-15-13-25(20-8-3-2-7-19(15)20)21(26)23-12-16-9-10-24(14-16)18-6-4-5-17(22)11-18/h2-8,11,15-16H,9-10,12-14H2,1H3,(H,23,26)/t15-,16+/m1/s1. The van der Waals surface area contributed by atoms with Crippen LogP contribution in [0.1, 0.15) is 24.8 Å². The molecule has 0 radical (unpaired) electrons. The average Bonchev–Trinajstić information content (AvgIpc) is 3.25. The van der Waals surface area contributed by atoms with Crippen LogP contribution in [0.15, 0.2) is 53.0 Å². The van der Waals surface area contributed by atoms with Crippen LogP contribution in [0, 0.1) is 5.92 Å². The molecule has 2 aromatic carbocycles. The van der Waals surface area contributed by atoms with E-state index < -0.39 is 0 Å². The SMILES string of the molecule is C[C@@H]1CN(C(=O)NC[C@@H]2CCN(c3cccc(Br)c3)C2)c2ccccc21. The molecule has 2 aliphatic heterocycles. The van der Waals surface area contributed by atoms with E-state index in [1.54, 1.807) is 0 Å². The van der Waals surface area contributed by atoms with Crippen LogP contribution < -0.4 is 15.1 Å². The van der Waals surface area contributed by atoms with Crippen LogP contribution in [0.2, 0.25) is 0 Å². The highest BCUT2D eigenvalue weighted by atomic mass is 79.9. The van der Waals surface area contributed by atoms with Gasteiger partial charge in [-0.1, -0.05) is 47.1 Å². The molecule has 0 spiro atoms. The number of nitrogens with one attached hydrogen (secondary N) is 1. The van der Waals surface area contributed by atoms with Crippen molar-refractivity contribution in [3.8, 4) is 0 Å². The fourth-order valence-corrected chi connectivity index (χ4v) is 4.43. The van der Waals surface area contributed by atoms with E-state index in [9.17, 15) is 4.79 Å². The van der Waals surface area contributed by atoms with E-state index in [1.165, 1.54) is 11.3 Å². The summed E-state index contributed by atoms with van der Waals surface area (Å²) in [6.45, 7) is 5.71. The zero-order valence-corrected chi connectivity index (χ0v) is 16.6. The number of fused-ring (bicyclic) bond motifs is 1. The average molecular weight is 414 g/mol. The lowest BCUT2D eigenvalue weighted by Gasteiger charge is -2.21. The maximum atomic E-state index is 12.7. The summed E-state index contributed by atoms with van der Waals surface area (Å²) >= 11 is 3.54. The number of hydrogen-bond donors (Lipinski definition) is 1. The monoisotopic (exact) mass is 413 g/mol. The van der Waals surface area contributed by atoms with Crippen molar-refractivity contribution in [2.75, 3.05) is 36.0 Å². The van der Waals surface area contributed by atoms with Gasteiger partial charge in [0.1, 0.15) is 0 Å². The minimum atomic E-state index is 0.0303. The van der Waals surface area contributed by atoms with Crippen LogP contribution in [-0.4, -0.2) is 32.2 Å². The predicted molar refractivity (Wildman–Crippen MR) is 110 cm³/mol. The summed E-state index contributed by atoms with van der Waals surface area (Å²) in [5.41, 5.74) is 3.57. The van der Waals surface area contributed by atoms with Gasteiger partial charge in [0.05, 0.1) is 0 Å². The van der Waals surface area contributed by atoms with Crippen molar-refractivity contribution in [1.82, 2.24) is 5.32 Å². The van der Waals surface area contributed by atoms with Gasteiger partial charge in [-0.2, -0.15) is 0 Å². The van der Waals surface area contributed by atoms with Crippen LogP contribution in [0.4, 0.5) is 16.2 Å². The fourth-order valence-electron chi connectivity index (χ4n) is 4.05. The lowest BCUT2D eigenvalue weighted by Crippen LogP contribution is -2.41. The number of para-hydroxylation sites is 1. The second-order valence-corrected chi connectivity index (χ2v) is 8.25. The molecule has 4 nitrogen and oxygen atoms in total. The Kier molecular flexibility index (Phi) is 4.90. The Morgan fingerprint density at radius 1 is 1.19 bits per heavy atom. The number of carbonyl (C=O) groups is 1. The normalized spacial score (nSPS) is 21.8. The molecule has 0 bridgehead atoms. The van der Waals surface area contributed by atoms with Crippen molar-refractivity contribution in [3.63, 3.8) is 0 Å². The Balaban J connectivity index is 1.33. The van der Waals surface area contributed by atoms with E-state index in [0.717, 1.165) is 42.8 Å².